The summed E-state index contributed by atoms with van der Waals surface area (Å²) < 4.78 is 0. The first-order valence-corrected chi connectivity index (χ1v) is 7.59. The fourth-order valence-corrected chi connectivity index (χ4v) is 2.70. The van der Waals surface area contributed by atoms with E-state index in [9.17, 15) is 14.7 Å². The topological polar surface area (TPSA) is 98.7 Å². The fourth-order valence-electron chi connectivity index (χ4n) is 2.70. The smallest absolute Gasteiger partial charge is 0.315 e. The standard InChI is InChI=1S/C16H22N2O4/c19-14-7-1-11(2-8-14)9-10-17-16(22)18-13-5-3-12(4-6-13)15(20)21/h1-2,7-8,12-13,19H,3-6,9-10H2,(H,20,21)(H2,17,18,22). The minimum absolute atomic E-state index is 0.0595. The third-order valence-corrected chi connectivity index (χ3v) is 4.05. The molecule has 2 amide bonds. The maximum Gasteiger partial charge on any atom is 0.315 e. The lowest BCUT2D eigenvalue weighted by atomic mass is 9.86. The van der Waals surface area contributed by atoms with Gasteiger partial charge in [-0.1, -0.05) is 12.1 Å². The molecule has 1 aliphatic rings. The van der Waals surface area contributed by atoms with Crippen LogP contribution in [-0.4, -0.2) is 34.8 Å². The number of carbonyl (C=O) groups excluding carboxylic acids is 1. The number of phenolic OH excluding ortho intramolecular Hbond substituents is 1. The molecule has 6 heteroatoms. The maximum atomic E-state index is 11.8. The van der Waals surface area contributed by atoms with Gasteiger partial charge in [0.25, 0.3) is 0 Å². The first-order valence-electron chi connectivity index (χ1n) is 7.59. The van der Waals surface area contributed by atoms with Crippen LogP contribution in [0.2, 0.25) is 0 Å². The van der Waals surface area contributed by atoms with E-state index in [2.05, 4.69) is 10.6 Å². The van der Waals surface area contributed by atoms with Crippen molar-refractivity contribution < 1.29 is 19.8 Å². The highest BCUT2D eigenvalue weighted by molar-refractivity contribution is 5.74. The Balaban J connectivity index is 1.64. The molecule has 1 aromatic rings. The van der Waals surface area contributed by atoms with Gasteiger partial charge in [0.15, 0.2) is 0 Å². The normalized spacial score (nSPS) is 21.1. The lowest BCUT2D eigenvalue weighted by molar-refractivity contribution is -0.142. The van der Waals surface area contributed by atoms with Crippen LogP contribution >= 0.6 is 0 Å². The van der Waals surface area contributed by atoms with Gasteiger partial charge in [-0.25, -0.2) is 4.79 Å². The molecule has 0 saturated heterocycles. The zero-order valence-corrected chi connectivity index (χ0v) is 12.4. The van der Waals surface area contributed by atoms with E-state index < -0.39 is 5.97 Å². The highest BCUT2D eigenvalue weighted by Gasteiger charge is 2.26. The van der Waals surface area contributed by atoms with E-state index in [0.29, 0.717) is 38.6 Å². The van der Waals surface area contributed by atoms with Crippen molar-refractivity contribution in [3.63, 3.8) is 0 Å². The monoisotopic (exact) mass is 306 g/mol. The number of benzene rings is 1. The summed E-state index contributed by atoms with van der Waals surface area (Å²) in [6.07, 6.45) is 3.35. The number of amides is 2. The average Bonchev–Trinajstić information content (AvgIpc) is 2.50. The number of carboxylic acids is 1. The number of carboxylic acid groups (broad SMARTS) is 1. The largest absolute Gasteiger partial charge is 0.508 e. The van der Waals surface area contributed by atoms with Gasteiger partial charge in [0.2, 0.25) is 0 Å². The van der Waals surface area contributed by atoms with Crippen LogP contribution in [0.4, 0.5) is 4.79 Å². The van der Waals surface area contributed by atoms with Gasteiger partial charge in [-0.15, -0.1) is 0 Å². The molecular weight excluding hydrogens is 284 g/mol. The number of hydrogen-bond donors (Lipinski definition) is 4. The number of urea groups is 1. The molecule has 6 nitrogen and oxygen atoms in total. The van der Waals surface area contributed by atoms with Crippen LogP contribution in [0.5, 0.6) is 5.75 Å². The van der Waals surface area contributed by atoms with Gasteiger partial charge in [-0.3, -0.25) is 4.79 Å². The van der Waals surface area contributed by atoms with Crippen LogP contribution < -0.4 is 10.6 Å². The fraction of sp³-hybridized carbons (Fsp3) is 0.500. The van der Waals surface area contributed by atoms with Gasteiger partial charge in [-0.2, -0.15) is 0 Å². The SMILES string of the molecule is O=C(NCCc1ccc(O)cc1)NC1CCC(C(=O)O)CC1. The van der Waals surface area contributed by atoms with Crippen molar-refractivity contribution in [2.75, 3.05) is 6.54 Å². The van der Waals surface area contributed by atoms with Crippen LogP contribution in [0.25, 0.3) is 0 Å². The molecule has 0 unspecified atom stereocenters. The molecule has 0 spiro atoms. The van der Waals surface area contributed by atoms with Crippen molar-refractivity contribution in [2.24, 2.45) is 5.92 Å². The molecule has 1 aliphatic carbocycles. The van der Waals surface area contributed by atoms with Crippen molar-refractivity contribution in [3.8, 4) is 5.75 Å². The van der Waals surface area contributed by atoms with Crippen molar-refractivity contribution in [3.05, 3.63) is 29.8 Å². The van der Waals surface area contributed by atoms with Gasteiger partial charge < -0.3 is 20.8 Å². The van der Waals surface area contributed by atoms with Gasteiger partial charge in [-0.05, 0) is 49.8 Å². The van der Waals surface area contributed by atoms with Gasteiger partial charge in [0.1, 0.15) is 5.75 Å². The maximum absolute atomic E-state index is 11.8. The summed E-state index contributed by atoms with van der Waals surface area (Å²) in [6.45, 7) is 0.515. The van der Waals surface area contributed by atoms with Crippen molar-refractivity contribution >= 4 is 12.0 Å². The highest BCUT2D eigenvalue weighted by atomic mass is 16.4. The van der Waals surface area contributed by atoms with Gasteiger partial charge in [0.05, 0.1) is 5.92 Å². The van der Waals surface area contributed by atoms with Crippen LogP contribution in [0.3, 0.4) is 0 Å². The molecule has 2 rings (SSSR count). The van der Waals surface area contributed by atoms with E-state index in [-0.39, 0.29) is 23.7 Å². The Labute approximate surface area is 129 Å². The molecule has 0 aliphatic heterocycles. The lowest BCUT2D eigenvalue weighted by Crippen LogP contribution is -2.44. The Morgan fingerprint density at radius 1 is 1.09 bits per heavy atom. The molecule has 0 atom stereocenters. The zero-order valence-electron chi connectivity index (χ0n) is 12.4. The quantitative estimate of drug-likeness (QED) is 0.667. The van der Waals surface area contributed by atoms with E-state index in [0.717, 1.165) is 5.56 Å². The number of aliphatic carboxylic acids is 1. The van der Waals surface area contributed by atoms with Gasteiger partial charge in [0, 0.05) is 12.6 Å². The van der Waals surface area contributed by atoms with Crippen LogP contribution in [0, 0.1) is 5.92 Å². The summed E-state index contributed by atoms with van der Waals surface area (Å²) in [5, 5.41) is 23.8. The Morgan fingerprint density at radius 2 is 1.73 bits per heavy atom. The minimum atomic E-state index is -0.739. The number of phenols is 1. The number of carbonyl (C=O) groups is 2. The Bertz CT molecular complexity index is 507. The second-order valence-electron chi connectivity index (χ2n) is 5.70. The highest BCUT2D eigenvalue weighted by Crippen LogP contribution is 2.24. The molecule has 1 fully saturated rings. The van der Waals surface area contributed by atoms with Crippen molar-refractivity contribution in [1.29, 1.82) is 0 Å². The van der Waals surface area contributed by atoms with E-state index in [1.807, 2.05) is 12.1 Å². The molecule has 22 heavy (non-hydrogen) atoms. The molecule has 0 heterocycles. The second kappa shape index (κ2) is 7.68. The molecular formula is C16H22N2O4. The van der Waals surface area contributed by atoms with Crippen LogP contribution in [0.15, 0.2) is 24.3 Å². The lowest BCUT2D eigenvalue weighted by Gasteiger charge is -2.26. The van der Waals surface area contributed by atoms with E-state index in [4.69, 9.17) is 5.11 Å². The number of aromatic hydroxyl groups is 1. The third kappa shape index (κ3) is 4.95. The molecule has 0 bridgehead atoms. The van der Waals surface area contributed by atoms with E-state index in [1.54, 1.807) is 12.1 Å². The molecule has 0 radical (unpaired) electrons. The number of nitrogens with one attached hydrogen (secondary N) is 2. The van der Waals surface area contributed by atoms with Crippen LogP contribution in [-0.2, 0) is 11.2 Å². The molecule has 4 N–H and O–H groups in total. The summed E-state index contributed by atoms with van der Waals surface area (Å²) in [4.78, 5) is 22.7. The van der Waals surface area contributed by atoms with Crippen LogP contribution in [0.1, 0.15) is 31.2 Å². The van der Waals surface area contributed by atoms with Crippen molar-refractivity contribution in [2.45, 2.75) is 38.1 Å². The first kappa shape index (κ1) is 16.1. The summed E-state index contributed by atoms with van der Waals surface area (Å²) in [5.74, 6) is -0.779. The summed E-state index contributed by atoms with van der Waals surface area (Å²) in [6, 6.07) is 6.73. The van der Waals surface area contributed by atoms with Crippen molar-refractivity contribution in [1.82, 2.24) is 10.6 Å². The Morgan fingerprint density at radius 3 is 2.32 bits per heavy atom. The number of hydrogen-bond acceptors (Lipinski definition) is 3. The summed E-state index contributed by atoms with van der Waals surface area (Å²) in [7, 11) is 0. The number of rotatable bonds is 5. The minimum Gasteiger partial charge on any atom is -0.508 e. The average molecular weight is 306 g/mol. The summed E-state index contributed by atoms with van der Waals surface area (Å²) >= 11 is 0. The molecule has 1 aromatic carbocycles. The second-order valence-corrected chi connectivity index (χ2v) is 5.70. The van der Waals surface area contributed by atoms with Gasteiger partial charge >= 0.3 is 12.0 Å². The first-order chi connectivity index (χ1) is 10.5. The summed E-state index contributed by atoms with van der Waals surface area (Å²) in [5.41, 5.74) is 1.04. The molecule has 1 saturated carbocycles. The zero-order chi connectivity index (χ0) is 15.9. The Hall–Kier alpha value is -2.24. The molecule has 0 aromatic heterocycles. The predicted molar refractivity (Wildman–Crippen MR) is 81.7 cm³/mol. The third-order valence-electron chi connectivity index (χ3n) is 4.05. The molecule has 120 valence electrons. The predicted octanol–water partition coefficient (Wildman–Crippen LogP) is 1.88. The van der Waals surface area contributed by atoms with E-state index in [1.165, 1.54) is 0 Å². The van der Waals surface area contributed by atoms with E-state index >= 15 is 0 Å². The Kier molecular flexibility index (Phi) is 5.63.